The monoisotopic (exact) mass is 301 g/mol. The average molecular weight is 301 g/mol. The maximum Gasteiger partial charge on any atom is 0.331 e. The molecule has 0 saturated heterocycles. The van der Waals surface area contributed by atoms with E-state index < -0.39 is 12.5 Å². The number of benzene rings is 1. The molecule has 0 fully saturated rings. The van der Waals surface area contributed by atoms with E-state index in [1.54, 1.807) is 26.0 Å². The smallest absolute Gasteiger partial charge is 0.309 e. The van der Waals surface area contributed by atoms with Crippen LogP contribution in [0.2, 0.25) is 0 Å². The fraction of sp³-hybridized carbons (Fsp3) is 0.538. The van der Waals surface area contributed by atoms with Crippen LogP contribution in [0.4, 0.5) is 5.69 Å². The van der Waals surface area contributed by atoms with E-state index in [4.69, 9.17) is 9.05 Å². The maximum absolute atomic E-state index is 12.4. The number of nitro benzene ring substituents is 1. The molecule has 20 heavy (non-hydrogen) atoms. The van der Waals surface area contributed by atoms with Gasteiger partial charge in [-0.25, -0.2) is 0 Å². The molecule has 0 bridgehead atoms. The van der Waals surface area contributed by atoms with Gasteiger partial charge in [-0.05, 0) is 25.3 Å². The lowest BCUT2D eigenvalue weighted by Crippen LogP contribution is -2.06. The molecule has 0 unspecified atom stereocenters. The Balaban J connectivity index is 2.80. The molecule has 1 aromatic rings. The Hall–Kier alpha value is -1.23. The number of non-ortho nitro benzene ring substituents is 1. The molecule has 0 aromatic heterocycles. The maximum atomic E-state index is 12.4. The molecule has 1 rings (SSSR count). The second-order valence-electron chi connectivity index (χ2n) is 4.38. The van der Waals surface area contributed by atoms with Crippen molar-refractivity contribution < 1.29 is 18.5 Å². The fourth-order valence-electron chi connectivity index (χ4n) is 1.90. The predicted octanol–water partition coefficient (Wildman–Crippen LogP) is 3.96. The van der Waals surface area contributed by atoms with E-state index in [1.807, 2.05) is 6.92 Å². The van der Waals surface area contributed by atoms with Crippen LogP contribution in [0, 0.1) is 10.1 Å². The Bertz CT molecular complexity index is 478. The van der Waals surface area contributed by atoms with E-state index in [9.17, 15) is 14.7 Å². The van der Waals surface area contributed by atoms with Crippen molar-refractivity contribution >= 4 is 13.3 Å². The SMILES string of the molecule is CCOP(=O)(C[C@@H](C)c1ccc([N+](=O)[O-])cc1)OCC. The topological polar surface area (TPSA) is 78.7 Å². The minimum absolute atomic E-state index is 0.0405. The van der Waals surface area contributed by atoms with E-state index in [0.717, 1.165) is 5.56 Å². The zero-order valence-corrected chi connectivity index (χ0v) is 12.8. The summed E-state index contributed by atoms with van der Waals surface area (Å²) >= 11 is 0. The molecule has 0 N–H and O–H groups in total. The van der Waals surface area contributed by atoms with Gasteiger partial charge in [0.25, 0.3) is 5.69 Å². The minimum atomic E-state index is -3.11. The molecule has 0 aliphatic heterocycles. The molecule has 6 nitrogen and oxygen atoms in total. The van der Waals surface area contributed by atoms with Gasteiger partial charge < -0.3 is 9.05 Å². The van der Waals surface area contributed by atoms with Crippen LogP contribution in [0.25, 0.3) is 0 Å². The van der Waals surface area contributed by atoms with Gasteiger partial charge >= 0.3 is 7.60 Å². The quantitative estimate of drug-likeness (QED) is 0.412. The second kappa shape index (κ2) is 7.53. The van der Waals surface area contributed by atoms with Crippen LogP contribution in [0.15, 0.2) is 24.3 Å². The normalized spacial score (nSPS) is 13.2. The van der Waals surface area contributed by atoms with Gasteiger partial charge in [0.1, 0.15) is 0 Å². The summed E-state index contributed by atoms with van der Waals surface area (Å²) in [6, 6.07) is 6.23. The Morgan fingerprint density at radius 2 is 1.70 bits per heavy atom. The Kier molecular flexibility index (Phi) is 6.33. The highest BCUT2D eigenvalue weighted by atomic mass is 31.2. The van der Waals surface area contributed by atoms with Gasteiger partial charge in [-0.3, -0.25) is 14.7 Å². The molecule has 0 amide bonds. The zero-order valence-electron chi connectivity index (χ0n) is 11.9. The van der Waals surface area contributed by atoms with Crippen molar-refractivity contribution in [1.29, 1.82) is 0 Å². The van der Waals surface area contributed by atoms with E-state index in [2.05, 4.69) is 0 Å². The molecular weight excluding hydrogens is 281 g/mol. The second-order valence-corrected chi connectivity index (χ2v) is 6.48. The third-order valence-corrected chi connectivity index (χ3v) is 5.12. The van der Waals surface area contributed by atoms with Gasteiger partial charge in [0, 0.05) is 12.1 Å². The zero-order chi connectivity index (χ0) is 15.2. The highest BCUT2D eigenvalue weighted by Gasteiger charge is 2.27. The lowest BCUT2D eigenvalue weighted by Gasteiger charge is -2.20. The lowest BCUT2D eigenvalue weighted by atomic mass is 10.0. The molecule has 0 spiro atoms. The van der Waals surface area contributed by atoms with Gasteiger partial charge in [0.2, 0.25) is 0 Å². The Morgan fingerprint density at radius 3 is 2.10 bits per heavy atom. The van der Waals surface area contributed by atoms with Crippen molar-refractivity contribution in [3.05, 3.63) is 39.9 Å². The summed E-state index contributed by atoms with van der Waals surface area (Å²) in [5.74, 6) is -0.0697. The Labute approximate surface area is 118 Å². The number of hydrogen-bond acceptors (Lipinski definition) is 5. The van der Waals surface area contributed by atoms with E-state index in [-0.39, 0.29) is 17.8 Å². The molecule has 1 aromatic carbocycles. The highest BCUT2D eigenvalue weighted by Crippen LogP contribution is 2.51. The molecule has 0 saturated carbocycles. The first-order chi connectivity index (χ1) is 9.41. The Morgan fingerprint density at radius 1 is 1.20 bits per heavy atom. The van der Waals surface area contributed by atoms with Crippen LogP contribution in [-0.4, -0.2) is 24.3 Å². The lowest BCUT2D eigenvalue weighted by molar-refractivity contribution is -0.384. The molecular formula is C13H20NO5P. The molecule has 0 aliphatic carbocycles. The summed E-state index contributed by atoms with van der Waals surface area (Å²) in [6.07, 6.45) is 0.256. The number of nitro groups is 1. The summed E-state index contributed by atoms with van der Waals surface area (Å²) in [7, 11) is -3.11. The van der Waals surface area contributed by atoms with Gasteiger partial charge in [-0.15, -0.1) is 0 Å². The third kappa shape index (κ3) is 4.71. The van der Waals surface area contributed by atoms with Crippen molar-refractivity contribution in [2.24, 2.45) is 0 Å². The van der Waals surface area contributed by atoms with Crippen LogP contribution in [0.5, 0.6) is 0 Å². The average Bonchev–Trinajstić information content (AvgIpc) is 2.39. The minimum Gasteiger partial charge on any atom is -0.309 e. The number of nitrogens with zero attached hydrogens (tertiary/aromatic N) is 1. The summed E-state index contributed by atoms with van der Waals surface area (Å²) in [4.78, 5) is 10.2. The summed E-state index contributed by atoms with van der Waals surface area (Å²) in [6.45, 7) is 6.07. The van der Waals surface area contributed by atoms with Crippen molar-refractivity contribution in [1.82, 2.24) is 0 Å². The van der Waals surface area contributed by atoms with E-state index in [1.165, 1.54) is 12.1 Å². The fourth-order valence-corrected chi connectivity index (χ4v) is 3.86. The number of rotatable bonds is 8. The van der Waals surface area contributed by atoms with Crippen molar-refractivity contribution in [3.63, 3.8) is 0 Å². The molecule has 0 aliphatic rings. The summed E-state index contributed by atoms with van der Waals surface area (Å²) < 4.78 is 22.9. The van der Waals surface area contributed by atoms with Gasteiger partial charge in [0.05, 0.1) is 24.3 Å². The van der Waals surface area contributed by atoms with Crippen LogP contribution < -0.4 is 0 Å². The van der Waals surface area contributed by atoms with Crippen LogP contribution >= 0.6 is 7.60 Å². The van der Waals surface area contributed by atoms with Gasteiger partial charge in [-0.2, -0.15) is 0 Å². The largest absolute Gasteiger partial charge is 0.331 e. The van der Waals surface area contributed by atoms with E-state index in [0.29, 0.717) is 13.2 Å². The molecule has 7 heteroatoms. The first kappa shape index (κ1) is 16.8. The standard InChI is InChI=1S/C13H20NO5P/c1-4-18-20(17,19-5-2)10-11(3)12-6-8-13(9-7-12)14(15)16/h6-9,11H,4-5,10H2,1-3H3/t11-/m1/s1. The van der Waals surface area contributed by atoms with Crippen LogP contribution in [0.3, 0.4) is 0 Å². The van der Waals surface area contributed by atoms with E-state index >= 15 is 0 Å². The molecule has 0 radical (unpaired) electrons. The summed E-state index contributed by atoms with van der Waals surface area (Å²) in [5.41, 5.74) is 0.911. The first-order valence-corrected chi connectivity index (χ1v) is 8.27. The number of hydrogen-bond donors (Lipinski definition) is 0. The molecule has 112 valence electrons. The van der Waals surface area contributed by atoms with Crippen molar-refractivity contribution in [2.45, 2.75) is 26.7 Å². The van der Waals surface area contributed by atoms with Crippen molar-refractivity contribution in [2.75, 3.05) is 19.4 Å². The molecule has 0 heterocycles. The highest BCUT2D eigenvalue weighted by molar-refractivity contribution is 7.53. The summed E-state index contributed by atoms with van der Waals surface area (Å²) in [5, 5.41) is 10.6. The predicted molar refractivity (Wildman–Crippen MR) is 77.2 cm³/mol. The van der Waals surface area contributed by atoms with Crippen molar-refractivity contribution in [3.8, 4) is 0 Å². The van der Waals surface area contributed by atoms with Gasteiger partial charge in [0.15, 0.2) is 0 Å². The van der Waals surface area contributed by atoms with Crippen LogP contribution in [-0.2, 0) is 13.6 Å². The first-order valence-electron chi connectivity index (χ1n) is 6.54. The third-order valence-electron chi connectivity index (χ3n) is 2.82. The van der Waals surface area contributed by atoms with Crippen LogP contribution in [0.1, 0.15) is 32.3 Å². The molecule has 1 atom stereocenters. The van der Waals surface area contributed by atoms with Gasteiger partial charge in [-0.1, -0.05) is 19.1 Å².